The van der Waals surface area contributed by atoms with Crippen molar-refractivity contribution in [3.8, 4) is 11.5 Å². The monoisotopic (exact) mass is 426 g/mol. The van der Waals surface area contributed by atoms with Gasteiger partial charge in [-0.25, -0.2) is 5.43 Å². The standard InChI is InChI=1S/C17H9Cl3N2O3S/c18-9-4-10(19)14-13(5-9)26-16(15(14)20)17(23)22-21-6-8-1-2-11-12(3-8)25-7-24-11/h1-6H,7H2,(H,22,23)/b21-6+. The number of hydrogen-bond acceptors (Lipinski definition) is 5. The molecule has 0 radical (unpaired) electrons. The topological polar surface area (TPSA) is 59.9 Å². The molecule has 1 aromatic heterocycles. The highest BCUT2D eigenvalue weighted by Crippen LogP contribution is 2.41. The van der Waals surface area contributed by atoms with E-state index in [9.17, 15) is 4.79 Å². The second kappa shape index (κ2) is 6.96. The molecule has 1 aliphatic rings. The van der Waals surface area contributed by atoms with E-state index < -0.39 is 5.91 Å². The van der Waals surface area contributed by atoms with Gasteiger partial charge in [-0.1, -0.05) is 34.8 Å². The molecule has 5 nitrogen and oxygen atoms in total. The largest absolute Gasteiger partial charge is 0.454 e. The third-order valence-corrected chi connectivity index (χ3v) is 5.77. The maximum absolute atomic E-state index is 12.4. The summed E-state index contributed by atoms with van der Waals surface area (Å²) in [5.74, 6) is 0.888. The third-order valence-electron chi connectivity index (χ3n) is 3.63. The van der Waals surface area contributed by atoms with Gasteiger partial charge in [-0.3, -0.25) is 4.79 Å². The number of nitrogens with one attached hydrogen (secondary N) is 1. The van der Waals surface area contributed by atoms with Crippen LogP contribution in [0.4, 0.5) is 0 Å². The maximum Gasteiger partial charge on any atom is 0.283 e. The molecule has 26 heavy (non-hydrogen) atoms. The summed E-state index contributed by atoms with van der Waals surface area (Å²) in [6.45, 7) is 0.198. The molecule has 2 aromatic carbocycles. The Bertz CT molecular complexity index is 1070. The van der Waals surface area contributed by atoms with E-state index in [1.54, 1.807) is 30.3 Å². The van der Waals surface area contributed by atoms with Crippen molar-refractivity contribution in [2.24, 2.45) is 5.10 Å². The Morgan fingerprint density at radius 2 is 1.96 bits per heavy atom. The molecule has 0 atom stereocenters. The summed E-state index contributed by atoms with van der Waals surface area (Å²) in [6, 6.07) is 8.65. The molecule has 1 amide bonds. The number of carbonyl (C=O) groups is 1. The number of hydrazone groups is 1. The highest BCUT2D eigenvalue weighted by Gasteiger charge is 2.19. The van der Waals surface area contributed by atoms with Gasteiger partial charge in [0, 0.05) is 15.1 Å². The first-order valence-electron chi connectivity index (χ1n) is 7.33. The van der Waals surface area contributed by atoms with Crippen LogP contribution >= 0.6 is 46.1 Å². The highest BCUT2D eigenvalue weighted by molar-refractivity contribution is 7.21. The normalized spacial score (nSPS) is 12.9. The molecule has 1 aliphatic heterocycles. The van der Waals surface area contributed by atoms with Gasteiger partial charge in [-0.15, -0.1) is 11.3 Å². The van der Waals surface area contributed by atoms with Crippen molar-refractivity contribution in [1.29, 1.82) is 0 Å². The molecule has 0 saturated carbocycles. The molecule has 0 spiro atoms. The molecule has 2 heterocycles. The number of rotatable bonds is 3. The number of benzene rings is 2. The minimum Gasteiger partial charge on any atom is -0.454 e. The second-order valence-corrected chi connectivity index (χ2v) is 7.59. The van der Waals surface area contributed by atoms with Crippen LogP contribution in [0.15, 0.2) is 35.4 Å². The number of nitrogens with zero attached hydrogens (tertiary/aromatic N) is 1. The van der Waals surface area contributed by atoms with Crippen LogP contribution in [0, 0.1) is 0 Å². The molecule has 132 valence electrons. The molecule has 0 bridgehead atoms. The van der Waals surface area contributed by atoms with Crippen molar-refractivity contribution in [2.45, 2.75) is 0 Å². The van der Waals surface area contributed by atoms with Crippen LogP contribution < -0.4 is 14.9 Å². The van der Waals surface area contributed by atoms with Gasteiger partial charge >= 0.3 is 0 Å². The zero-order chi connectivity index (χ0) is 18.3. The van der Waals surface area contributed by atoms with Crippen molar-refractivity contribution in [3.63, 3.8) is 0 Å². The Morgan fingerprint density at radius 1 is 1.15 bits per heavy atom. The first-order valence-corrected chi connectivity index (χ1v) is 9.28. The Balaban J connectivity index is 1.54. The van der Waals surface area contributed by atoms with Crippen LogP contribution in [0.25, 0.3) is 10.1 Å². The summed E-state index contributed by atoms with van der Waals surface area (Å²) in [6.07, 6.45) is 1.50. The number of ether oxygens (including phenoxy) is 2. The van der Waals surface area contributed by atoms with E-state index in [1.165, 1.54) is 17.6 Å². The number of amides is 1. The number of fused-ring (bicyclic) bond motifs is 2. The molecule has 1 N–H and O–H groups in total. The van der Waals surface area contributed by atoms with Crippen molar-refractivity contribution in [1.82, 2.24) is 5.43 Å². The molecule has 9 heteroatoms. The number of carbonyl (C=O) groups excluding carboxylic acids is 1. The van der Waals surface area contributed by atoms with Crippen molar-refractivity contribution in [2.75, 3.05) is 6.79 Å². The van der Waals surface area contributed by atoms with Crippen LogP contribution in [0.2, 0.25) is 15.1 Å². The SMILES string of the molecule is O=C(N/N=C/c1ccc2c(c1)OCO2)c1sc2cc(Cl)cc(Cl)c2c1Cl. The zero-order valence-electron chi connectivity index (χ0n) is 12.9. The molecule has 0 unspecified atom stereocenters. The Morgan fingerprint density at radius 3 is 2.81 bits per heavy atom. The molecule has 4 rings (SSSR count). The van der Waals surface area contributed by atoms with E-state index in [0.717, 1.165) is 10.3 Å². The molecular weight excluding hydrogens is 419 g/mol. The van der Waals surface area contributed by atoms with Gasteiger partial charge in [-0.05, 0) is 35.9 Å². The van der Waals surface area contributed by atoms with E-state index in [-0.39, 0.29) is 11.8 Å². The predicted molar refractivity (Wildman–Crippen MR) is 104 cm³/mol. The lowest BCUT2D eigenvalue weighted by Crippen LogP contribution is -2.16. The average Bonchev–Trinajstić information content (AvgIpc) is 3.18. The third kappa shape index (κ3) is 3.21. The zero-order valence-corrected chi connectivity index (χ0v) is 16.0. The lowest BCUT2D eigenvalue weighted by Gasteiger charge is -1.99. The van der Waals surface area contributed by atoms with E-state index >= 15 is 0 Å². The summed E-state index contributed by atoms with van der Waals surface area (Å²) in [7, 11) is 0. The fourth-order valence-corrected chi connectivity index (χ4v) is 4.74. The molecule has 0 aliphatic carbocycles. The van der Waals surface area contributed by atoms with Crippen LogP contribution in [-0.4, -0.2) is 18.9 Å². The van der Waals surface area contributed by atoms with Gasteiger partial charge in [0.25, 0.3) is 5.91 Å². The van der Waals surface area contributed by atoms with Crippen molar-refractivity contribution in [3.05, 3.63) is 55.8 Å². The van der Waals surface area contributed by atoms with E-state index in [1.807, 2.05) is 0 Å². The minimum absolute atomic E-state index is 0.198. The van der Waals surface area contributed by atoms with Gasteiger partial charge < -0.3 is 9.47 Å². The number of hydrogen-bond donors (Lipinski definition) is 1. The fraction of sp³-hybridized carbons (Fsp3) is 0.0588. The average molecular weight is 428 g/mol. The van der Waals surface area contributed by atoms with Gasteiger partial charge in [0.2, 0.25) is 6.79 Å². The van der Waals surface area contributed by atoms with E-state index in [2.05, 4.69) is 10.5 Å². The summed E-state index contributed by atoms with van der Waals surface area (Å²) >= 11 is 19.7. The molecule has 0 fully saturated rings. The number of thiophene rings is 1. The molecular formula is C17H9Cl3N2O3S. The molecule has 0 saturated heterocycles. The Kier molecular flexibility index (Phi) is 4.67. The first kappa shape index (κ1) is 17.4. The van der Waals surface area contributed by atoms with Gasteiger partial charge in [-0.2, -0.15) is 5.10 Å². The summed E-state index contributed by atoms with van der Waals surface area (Å²) in [5, 5.41) is 5.73. The van der Waals surface area contributed by atoms with E-state index in [0.29, 0.717) is 31.8 Å². The first-order chi connectivity index (χ1) is 12.5. The predicted octanol–water partition coefficient (Wildman–Crippen LogP) is 5.35. The van der Waals surface area contributed by atoms with E-state index in [4.69, 9.17) is 44.3 Å². The second-order valence-electron chi connectivity index (χ2n) is 5.32. The van der Waals surface area contributed by atoms with Crippen LogP contribution in [-0.2, 0) is 0 Å². The van der Waals surface area contributed by atoms with Crippen molar-refractivity contribution >= 4 is 68.3 Å². The number of halogens is 3. The van der Waals surface area contributed by atoms with Gasteiger partial charge in [0.05, 0.1) is 16.3 Å². The maximum atomic E-state index is 12.4. The van der Waals surface area contributed by atoms with Crippen molar-refractivity contribution < 1.29 is 14.3 Å². The highest BCUT2D eigenvalue weighted by atomic mass is 35.5. The van der Waals surface area contributed by atoms with Crippen LogP contribution in [0.3, 0.4) is 0 Å². The summed E-state index contributed by atoms with van der Waals surface area (Å²) in [4.78, 5) is 12.7. The quantitative estimate of drug-likeness (QED) is 0.452. The van der Waals surface area contributed by atoms with Gasteiger partial charge in [0.15, 0.2) is 11.5 Å². The smallest absolute Gasteiger partial charge is 0.283 e. The van der Waals surface area contributed by atoms with Crippen LogP contribution in [0.5, 0.6) is 11.5 Å². The fourth-order valence-electron chi connectivity index (χ4n) is 2.47. The Labute approximate surface area is 167 Å². The summed E-state index contributed by atoms with van der Waals surface area (Å²) in [5.41, 5.74) is 3.22. The minimum atomic E-state index is -0.430. The van der Waals surface area contributed by atoms with Gasteiger partial charge in [0.1, 0.15) is 4.88 Å². The van der Waals surface area contributed by atoms with Crippen LogP contribution in [0.1, 0.15) is 15.2 Å². The summed E-state index contributed by atoms with van der Waals surface area (Å²) < 4.78 is 11.3. The molecule has 3 aromatic rings. The lowest BCUT2D eigenvalue weighted by molar-refractivity contribution is 0.0959. The lowest BCUT2D eigenvalue weighted by atomic mass is 10.2. The Hall–Kier alpha value is -1.99.